The van der Waals surface area contributed by atoms with Crippen molar-refractivity contribution in [3.8, 4) is 0 Å². The van der Waals surface area contributed by atoms with Crippen LogP contribution in [-0.4, -0.2) is 51.3 Å². The number of amides is 4. The van der Waals surface area contributed by atoms with E-state index < -0.39 is 41.0 Å². The van der Waals surface area contributed by atoms with E-state index in [-0.39, 0.29) is 49.6 Å². The van der Waals surface area contributed by atoms with Gasteiger partial charge < -0.3 is 14.6 Å². The van der Waals surface area contributed by atoms with Gasteiger partial charge in [-0.05, 0) is 62.8 Å². The van der Waals surface area contributed by atoms with Crippen molar-refractivity contribution in [2.45, 2.75) is 58.0 Å². The Balaban J connectivity index is 1.36. The third-order valence-electron chi connectivity index (χ3n) is 9.78. The standard InChI is InChI=1S/C32H34N2O8/c1-32-23(29(39)34(31(32)41)18-8-4-2-5-9-18)16-22-20(27(32)24-14-11-19(17-35)42-24)12-13-21-26(22)30(40)33(28(21)38)15-7-3-6-10-25(36)37/h2,4-5,8-9,11-12,14,21-23,26-27,35H,3,6-7,10,13,15-17H2,1H3,(H,36,37)/t21-,22+,23-,26-,27+,32+/m0/s1. The average molecular weight is 575 g/mol. The number of aliphatic hydroxyl groups is 1. The zero-order chi connectivity index (χ0) is 29.8. The number of benzene rings is 1. The lowest BCUT2D eigenvalue weighted by molar-refractivity contribution is -0.141. The number of hydrogen-bond donors (Lipinski definition) is 2. The second-order valence-electron chi connectivity index (χ2n) is 12.0. The molecule has 2 aliphatic carbocycles. The van der Waals surface area contributed by atoms with E-state index in [0.29, 0.717) is 42.9 Å². The van der Waals surface area contributed by atoms with Crippen LogP contribution in [0.4, 0.5) is 5.69 Å². The van der Waals surface area contributed by atoms with Crippen LogP contribution in [0.15, 0.2) is 58.5 Å². The number of allylic oxidation sites excluding steroid dienone is 2. The van der Waals surface area contributed by atoms with E-state index in [2.05, 4.69) is 0 Å². The summed E-state index contributed by atoms with van der Waals surface area (Å²) in [6, 6.07) is 12.2. The molecule has 2 aliphatic heterocycles. The van der Waals surface area contributed by atoms with Gasteiger partial charge in [0.1, 0.15) is 18.1 Å². The summed E-state index contributed by atoms with van der Waals surface area (Å²) < 4.78 is 6.02. The summed E-state index contributed by atoms with van der Waals surface area (Å²) in [5.74, 6) is -4.29. The monoisotopic (exact) mass is 574 g/mol. The van der Waals surface area contributed by atoms with Crippen LogP contribution in [0.2, 0.25) is 0 Å². The molecule has 0 radical (unpaired) electrons. The fourth-order valence-corrected chi connectivity index (χ4v) is 7.78. The Morgan fingerprint density at radius 3 is 2.43 bits per heavy atom. The molecule has 220 valence electrons. The first-order chi connectivity index (χ1) is 20.2. The molecule has 10 nitrogen and oxygen atoms in total. The molecule has 6 rings (SSSR count). The summed E-state index contributed by atoms with van der Waals surface area (Å²) in [6.45, 7) is 1.70. The van der Waals surface area contributed by atoms with Gasteiger partial charge >= 0.3 is 5.97 Å². The van der Waals surface area contributed by atoms with Crippen LogP contribution in [0.1, 0.15) is 62.9 Å². The molecule has 4 aliphatic rings. The predicted molar refractivity (Wildman–Crippen MR) is 149 cm³/mol. The lowest BCUT2D eigenvalue weighted by atomic mass is 9.52. The number of para-hydroxylation sites is 1. The highest BCUT2D eigenvalue weighted by atomic mass is 16.4. The summed E-state index contributed by atoms with van der Waals surface area (Å²) >= 11 is 0. The minimum Gasteiger partial charge on any atom is -0.481 e. The van der Waals surface area contributed by atoms with Crippen LogP contribution in [0, 0.1) is 29.1 Å². The highest BCUT2D eigenvalue weighted by Gasteiger charge is 2.68. The number of carboxylic acids is 1. The van der Waals surface area contributed by atoms with Crippen molar-refractivity contribution in [2.24, 2.45) is 29.1 Å². The van der Waals surface area contributed by atoms with Crippen LogP contribution < -0.4 is 4.90 Å². The van der Waals surface area contributed by atoms with Crippen LogP contribution in [-0.2, 0) is 30.6 Å². The Kier molecular flexibility index (Phi) is 7.12. The van der Waals surface area contributed by atoms with E-state index in [1.165, 1.54) is 9.80 Å². The molecular weight excluding hydrogens is 540 g/mol. The average Bonchev–Trinajstić information content (AvgIpc) is 3.60. The van der Waals surface area contributed by atoms with E-state index in [1.807, 2.05) is 12.1 Å². The number of rotatable bonds is 9. The van der Waals surface area contributed by atoms with Gasteiger partial charge in [0.2, 0.25) is 23.6 Å². The van der Waals surface area contributed by atoms with Crippen molar-refractivity contribution in [1.82, 2.24) is 4.90 Å². The first kappa shape index (κ1) is 28.1. The molecule has 0 bridgehead atoms. The van der Waals surface area contributed by atoms with Crippen LogP contribution in [0.25, 0.3) is 0 Å². The topological polar surface area (TPSA) is 145 Å². The van der Waals surface area contributed by atoms with Crippen molar-refractivity contribution in [1.29, 1.82) is 0 Å². The van der Waals surface area contributed by atoms with Crippen LogP contribution in [0.5, 0.6) is 0 Å². The number of hydrogen-bond acceptors (Lipinski definition) is 7. The van der Waals surface area contributed by atoms with E-state index >= 15 is 0 Å². The molecule has 2 aromatic rings. The second kappa shape index (κ2) is 10.7. The number of imide groups is 2. The fraction of sp³-hybridized carbons (Fsp3) is 0.469. The lowest BCUT2D eigenvalue weighted by Gasteiger charge is -2.48. The maximum atomic E-state index is 14.2. The summed E-state index contributed by atoms with van der Waals surface area (Å²) in [5.41, 5.74) is 0.116. The highest BCUT2D eigenvalue weighted by Crippen LogP contribution is 2.63. The molecule has 0 spiro atoms. The summed E-state index contributed by atoms with van der Waals surface area (Å²) in [5, 5.41) is 18.6. The number of likely N-dealkylation sites (tertiary alicyclic amines) is 1. The zero-order valence-corrected chi connectivity index (χ0v) is 23.4. The molecule has 10 heteroatoms. The van der Waals surface area contributed by atoms with Crippen molar-refractivity contribution in [3.05, 3.63) is 65.6 Å². The van der Waals surface area contributed by atoms with Gasteiger partial charge in [-0.2, -0.15) is 0 Å². The molecule has 1 saturated carbocycles. The molecule has 1 aromatic heterocycles. The molecule has 4 amide bonds. The SMILES string of the molecule is C[C@@]12C(=O)N(c3ccccc3)C(=O)[C@@H]1C[C@@H]1C(=CC[C@@H]3C(=O)N(CCCCCC(=O)O)C(=O)[C@@H]31)[C@@H]2c1ccc(CO)o1. The number of furan rings is 1. The Bertz CT molecular complexity index is 1480. The first-order valence-corrected chi connectivity index (χ1v) is 14.6. The third-order valence-corrected chi connectivity index (χ3v) is 9.78. The van der Waals surface area contributed by atoms with Crippen molar-refractivity contribution < 1.29 is 38.6 Å². The molecule has 0 unspecified atom stereocenters. The number of unbranched alkanes of at least 4 members (excludes halogenated alkanes) is 2. The largest absolute Gasteiger partial charge is 0.481 e. The number of nitrogens with zero attached hydrogens (tertiary/aromatic N) is 2. The van der Waals surface area contributed by atoms with Crippen molar-refractivity contribution >= 4 is 35.3 Å². The fourth-order valence-electron chi connectivity index (χ4n) is 7.78. The second-order valence-corrected chi connectivity index (χ2v) is 12.0. The highest BCUT2D eigenvalue weighted by molar-refractivity contribution is 6.24. The Labute approximate surface area is 243 Å². The minimum absolute atomic E-state index is 0.0432. The Morgan fingerprint density at radius 2 is 1.74 bits per heavy atom. The van der Waals surface area contributed by atoms with E-state index in [1.54, 1.807) is 43.3 Å². The summed E-state index contributed by atoms with van der Waals surface area (Å²) in [7, 11) is 0. The van der Waals surface area contributed by atoms with Gasteiger partial charge in [-0.25, -0.2) is 4.90 Å². The Hall–Kier alpha value is -4.05. The first-order valence-electron chi connectivity index (χ1n) is 14.6. The van der Waals surface area contributed by atoms with Gasteiger partial charge in [-0.15, -0.1) is 0 Å². The van der Waals surface area contributed by atoms with E-state index in [9.17, 15) is 29.1 Å². The quantitative estimate of drug-likeness (QED) is 0.262. The van der Waals surface area contributed by atoms with Gasteiger partial charge in [-0.3, -0.25) is 28.9 Å². The normalized spacial score (nSPS) is 30.3. The van der Waals surface area contributed by atoms with Crippen molar-refractivity contribution in [3.63, 3.8) is 0 Å². The zero-order valence-electron chi connectivity index (χ0n) is 23.4. The number of carbonyl (C=O) groups excluding carboxylic acids is 4. The molecule has 2 saturated heterocycles. The molecule has 6 atom stereocenters. The molecule has 3 heterocycles. The summed E-state index contributed by atoms with van der Waals surface area (Å²) in [6.07, 6.45) is 4.19. The third kappa shape index (κ3) is 4.22. The lowest BCUT2D eigenvalue weighted by Crippen LogP contribution is -2.48. The molecular formula is C32H34N2O8. The Morgan fingerprint density at radius 1 is 0.976 bits per heavy atom. The smallest absolute Gasteiger partial charge is 0.303 e. The number of anilines is 1. The number of carbonyl (C=O) groups is 5. The van der Waals surface area contributed by atoms with Gasteiger partial charge in [0.15, 0.2) is 0 Å². The minimum atomic E-state index is -1.19. The number of aliphatic hydroxyl groups excluding tert-OH is 1. The van der Waals surface area contributed by atoms with E-state index in [4.69, 9.17) is 9.52 Å². The van der Waals surface area contributed by atoms with E-state index in [0.717, 1.165) is 5.57 Å². The molecule has 42 heavy (non-hydrogen) atoms. The number of carboxylic acid groups (broad SMARTS) is 1. The number of aliphatic carboxylic acids is 1. The van der Waals surface area contributed by atoms with Gasteiger partial charge in [0.25, 0.3) is 0 Å². The molecule has 3 fully saturated rings. The van der Waals surface area contributed by atoms with Gasteiger partial charge in [0, 0.05) is 13.0 Å². The van der Waals surface area contributed by atoms with Crippen LogP contribution >= 0.6 is 0 Å². The van der Waals surface area contributed by atoms with Crippen molar-refractivity contribution in [2.75, 3.05) is 11.4 Å². The van der Waals surface area contributed by atoms with Gasteiger partial charge in [0.05, 0.1) is 34.8 Å². The maximum absolute atomic E-state index is 14.2. The predicted octanol–water partition coefficient (Wildman–Crippen LogP) is 3.65. The number of fused-ring (bicyclic) bond motifs is 4. The molecule has 1 aromatic carbocycles. The van der Waals surface area contributed by atoms with Crippen LogP contribution in [0.3, 0.4) is 0 Å². The molecule has 2 N–H and O–H groups in total. The summed E-state index contributed by atoms with van der Waals surface area (Å²) in [4.78, 5) is 68.9. The maximum Gasteiger partial charge on any atom is 0.303 e. The van der Waals surface area contributed by atoms with Gasteiger partial charge in [-0.1, -0.05) is 36.3 Å².